The van der Waals surface area contributed by atoms with Crippen molar-refractivity contribution < 1.29 is 27.7 Å². The summed E-state index contributed by atoms with van der Waals surface area (Å²) in [5.41, 5.74) is -2.29. The first-order valence-corrected chi connectivity index (χ1v) is 9.13. The Morgan fingerprint density at radius 1 is 1.10 bits per heavy atom. The summed E-state index contributed by atoms with van der Waals surface area (Å²) in [6, 6.07) is 6.46. The van der Waals surface area contributed by atoms with Crippen LogP contribution in [-0.4, -0.2) is 16.7 Å². The molecule has 1 fully saturated rings. The zero-order valence-corrected chi connectivity index (χ0v) is 16.1. The van der Waals surface area contributed by atoms with E-state index in [1.54, 1.807) is 0 Å². The summed E-state index contributed by atoms with van der Waals surface area (Å²) in [7, 11) is 0. The second-order valence-electron chi connectivity index (χ2n) is 6.40. The fraction of sp³-hybridized carbons (Fsp3) is 0.222. The van der Waals surface area contributed by atoms with E-state index < -0.39 is 33.9 Å². The number of alkyl halides is 3. The van der Waals surface area contributed by atoms with E-state index in [4.69, 9.17) is 0 Å². The minimum atomic E-state index is -4.80. The summed E-state index contributed by atoms with van der Waals surface area (Å²) in [5, 5.41) is 15.5. The van der Waals surface area contributed by atoms with Crippen molar-refractivity contribution in [2.24, 2.45) is 5.92 Å². The number of benzene rings is 2. The Hall–Kier alpha value is -2.95. The number of hydrogen-bond donors (Lipinski definition) is 2. The molecule has 0 saturated heterocycles. The topological polar surface area (TPSA) is 101 Å². The molecule has 0 aliphatic heterocycles. The van der Waals surface area contributed by atoms with Crippen LogP contribution in [-0.2, 0) is 11.0 Å². The third kappa shape index (κ3) is 4.91. The molecule has 0 heterocycles. The third-order valence-corrected chi connectivity index (χ3v) is 4.86. The summed E-state index contributed by atoms with van der Waals surface area (Å²) in [6.07, 6.45) is -3.40. The van der Waals surface area contributed by atoms with Crippen LogP contribution in [0.4, 0.5) is 30.2 Å². The van der Waals surface area contributed by atoms with Crippen LogP contribution in [0.15, 0.2) is 40.9 Å². The Morgan fingerprint density at radius 3 is 2.38 bits per heavy atom. The average Bonchev–Trinajstić information content (AvgIpc) is 3.47. The van der Waals surface area contributed by atoms with Crippen LogP contribution in [0.3, 0.4) is 0 Å². The van der Waals surface area contributed by atoms with Crippen LogP contribution in [0, 0.1) is 16.0 Å². The van der Waals surface area contributed by atoms with Crippen molar-refractivity contribution in [1.82, 2.24) is 0 Å². The van der Waals surface area contributed by atoms with Gasteiger partial charge in [-0.2, -0.15) is 13.2 Å². The highest BCUT2D eigenvalue weighted by molar-refractivity contribution is 9.10. The Balaban J connectivity index is 1.87. The van der Waals surface area contributed by atoms with Gasteiger partial charge in [-0.1, -0.05) is 0 Å². The number of carbonyl (C=O) groups excluding carboxylic acids is 2. The monoisotopic (exact) mass is 471 g/mol. The molecule has 0 unspecified atom stereocenters. The number of halogens is 4. The van der Waals surface area contributed by atoms with Crippen LogP contribution < -0.4 is 10.6 Å². The molecular weight excluding hydrogens is 459 g/mol. The Bertz CT molecular complexity index is 1010. The number of nitrogens with one attached hydrogen (secondary N) is 2. The van der Waals surface area contributed by atoms with E-state index in [2.05, 4.69) is 26.6 Å². The van der Waals surface area contributed by atoms with Gasteiger partial charge in [0.25, 0.3) is 11.6 Å². The van der Waals surface area contributed by atoms with Crippen LogP contribution in [0.25, 0.3) is 0 Å². The number of amides is 2. The molecule has 1 aliphatic carbocycles. The van der Waals surface area contributed by atoms with Gasteiger partial charge >= 0.3 is 6.18 Å². The maximum Gasteiger partial charge on any atom is 0.418 e. The van der Waals surface area contributed by atoms with Gasteiger partial charge in [0, 0.05) is 23.2 Å². The first-order chi connectivity index (χ1) is 13.6. The molecule has 29 heavy (non-hydrogen) atoms. The highest BCUT2D eigenvalue weighted by Crippen LogP contribution is 2.38. The fourth-order valence-corrected chi connectivity index (χ4v) is 2.94. The van der Waals surface area contributed by atoms with Crippen molar-refractivity contribution >= 4 is 44.8 Å². The van der Waals surface area contributed by atoms with Crippen LogP contribution in [0.5, 0.6) is 0 Å². The molecule has 0 radical (unpaired) electrons. The van der Waals surface area contributed by atoms with Crippen LogP contribution in [0.1, 0.15) is 28.8 Å². The molecule has 1 aliphatic rings. The number of nitrogens with zero attached hydrogens (tertiary/aromatic N) is 1. The second kappa shape index (κ2) is 7.82. The molecule has 0 aromatic heterocycles. The van der Waals surface area contributed by atoms with E-state index in [9.17, 15) is 32.9 Å². The molecule has 2 N–H and O–H groups in total. The summed E-state index contributed by atoms with van der Waals surface area (Å²) in [4.78, 5) is 34.4. The van der Waals surface area contributed by atoms with Gasteiger partial charge in [-0.15, -0.1) is 0 Å². The van der Waals surface area contributed by atoms with E-state index >= 15 is 0 Å². The highest BCUT2D eigenvalue weighted by atomic mass is 79.9. The maximum absolute atomic E-state index is 13.5. The maximum atomic E-state index is 13.5. The van der Waals surface area contributed by atoms with Crippen molar-refractivity contribution in [1.29, 1.82) is 0 Å². The number of carbonyl (C=O) groups is 2. The van der Waals surface area contributed by atoms with Gasteiger partial charge in [0.15, 0.2) is 0 Å². The van der Waals surface area contributed by atoms with Crippen molar-refractivity contribution in [3.63, 3.8) is 0 Å². The molecule has 0 bridgehead atoms. The molecule has 1 saturated carbocycles. The number of nitro groups is 1. The van der Waals surface area contributed by atoms with Gasteiger partial charge in [-0.3, -0.25) is 19.7 Å². The molecule has 0 atom stereocenters. The molecule has 2 aromatic rings. The zero-order valence-electron chi connectivity index (χ0n) is 14.5. The first-order valence-electron chi connectivity index (χ1n) is 8.33. The van der Waals surface area contributed by atoms with E-state index in [-0.39, 0.29) is 27.5 Å². The molecule has 11 heteroatoms. The molecule has 0 spiro atoms. The minimum Gasteiger partial charge on any atom is -0.326 e. The first kappa shape index (κ1) is 20.8. The Labute approximate surface area is 170 Å². The van der Waals surface area contributed by atoms with Gasteiger partial charge in [-0.05, 0) is 59.1 Å². The lowest BCUT2D eigenvalue weighted by Gasteiger charge is -2.16. The average molecular weight is 472 g/mol. The van der Waals surface area contributed by atoms with Gasteiger partial charge < -0.3 is 10.6 Å². The standard InChI is InChI=1S/C18H13BrF3N3O4/c19-13-5-3-10(7-15(13)25(28)29)17(27)24-14-6-4-11(8-12(14)18(20,21)22)23-16(26)9-1-2-9/h3-9H,1-2H2,(H,23,26)(H,24,27). The zero-order chi connectivity index (χ0) is 21.3. The smallest absolute Gasteiger partial charge is 0.326 e. The van der Waals surface area contributed by atoms with E-state index in [0.29, 0.717) is 12.8 Å². The lowest BCUT2D eigenvalue weighted by atomic mass is 10.1. The van der Waals surface area contributed by atoms with Crippen molar-refractivity contribution in [3.8, 4) is 0 Å². The van der Waals surface area contributed by atoms with Gasteiger partial charge in [0.2, 0.25) is 5.91 Å². The van der Waals surface area contributed by atoms with Crippen LogP contribution in [0.2, 0.25) is 0 Å². The SMILES string of the molecule is O=C(Nc1ccc(NC(=O)C2CC2)cc1C(F)(F)F)c1ccc(Br)c([N+](=O)[O-])c1. The highest BCUT2D eigenvalue weighted by Gasteiger charge is 2.35. The van der Waals surface area contributed by atoms with Crippen molar-refractivity contribution in [2.75, 3.05) is 10.6 Å². The van der Waals surface area contributed by atoms with E-state index in [1.807, 2.05) is 0 Å². The van der Waals surface area contributed by atoms with E-state index in [0.717, 1.165) is 18.2 Å². The molecular formula is C18H13BrF3N3O4. The quantitative estimate of drug-likeness (QED) is 0.474. The Morgan fingerprint density at radius 2 is 1.79 bits per heavy atom. The Kier molecular flexibility index (Phi) is 5.60. The lowest BCUT2D eigenvalue weighted by Crippen LogP contribution is -2.18. The molecule has 7 nitrogen and oxygen atoms in total. The summed E-state index contributed by atoms with van der Waals surface area (Å²) >= 11 is 2.97. The van der Waals surface area contributed by atoms with E-state index in [1.165, 1.54) is 18.2 Å². The third-order valence-electron chi connectivity index (χ3n) is 4.19. The minimum absolute atomic E-state index is 0.0356. The fourth-order valence-electron chi connectivity index (χ4n) is 2.54. The largest absolute Gasteiger partial charge is 0.418 e. The normalized spacial score (nSPS) is 13.7. The van der Waals surface area contributed by atoms with Gasteiger partial charge in [0.05, 0.1) is 20.6 Å². The van der Waals surface area contributed by atoms with Crippen molar-refractivity contribution in [3.05, 3.63) is 62.1 Å². The number of hydrogen-bond acceptors (Lipinski definition) is 4. The predicted octanol–water partition coefficient (Wildman–Crippen LogP) is 4.98. The number of rotatable bonds is 5. The van der Waals surface area contributed by atoms with Crippen molar-refractivity contribution in [2.45, 2.75) is 19.0 Å². The lowest BCUT2D eigenvalue weighted by molar-refractivity contribution is -0.385. The molecule has 2 aromatic carbocycles. The molecule has 3 rings (SSSR count). The van der Waals surface area contributed by atoms with Crippen LogP contribution >= 0.6 is 15.9 Å². The van der Waals surface area contributed by atoms with Gasteiger partial charge in [-0.25, -0.2) is 0 Å². The summed E-state index contributed by atoms with van der Waals surface area (Å²) in [6.45, 7) is 0. The molecule has 152 valence electrons. The second-order valence-corrected chi connectivity index (χ2v) is 7.25. The number of anilines is 2. The van der Waals surface area contributed by atoms with Gasteiger partial charge in [0.1, 0.15) is 0 Å². The summed E-state index contributed by atoms with van der Waals surface area (Å²) < 4.78 is 40.5. The number of nitro benzene ring substituents is 1. The molecule has 2 amide bonds. The summed E-state index contributed by atoms with van der Waals surface area (Å²) in [5.74, 6) is -1.48. The predicted molar refractivity (Wildman–Crippen MR) is 102 cm³/mol.